The molecule has 0 radical (unpaired) electrons. The highest BCUT2D eigenvalue weighted by atomic mass is 32.2. The predicted molar refractivity (Wildman–Crippen MR) is 120 cm³/mol. The number of hydrogen-bond acceptors (Lipinski definition) is 5. The van der Waals surface area contributed by atoms with Crippen molar-refractivity contribution < 1.29 is 9.18 Å². The molecule has 2 aromatic heterocycles. The molecular weight excluding hydrogens is 421 g/mol. The van der Waals surface area contributed by atoms with Gasteiger partial charge in [-0.15, -0.1) is 11.3 Å². The number of benzene rings is 1. The SMILES string of the molecule is CCCc1sc2nc(SCC(=O)N3CCCC3)n(-c3ccc(F)cc3)c(=O)c2c1C. The molecule has 158 valence electrons. The summed E-state index contributed by atoms with van der Waals surface area (Å²) < 4.78 is 15.0. The number of hydrogen-bond donors (Lipinski definition) is 0. The molecule has 1 aliphatic heterocycles. The van der Waals surface area contributed by atoms with Crippen LogP contribution in [0.25, 0.3) is 15.9 Å². The van der Waals surface area contributed by atoms with E-state index in [1.54, 1.807) is 23.5 Å². The minimum Gasteiger partial charge on any atom is -0.342 e. The Morgan fingerprint density at radius 1 is 1.23 bits per heavy atom. The zero-order valence-corrected chi connectivity index (χ0v) is 18.7. The minimum absolute atomic E-state index is 0.0616. The average Bonchev–Trinajstić information content (AvgIpc) is 3.37. The van der Waals surface area contributed by atoms with Crippen molar-refractivity contribution in [2.75, 3.05) is 18.8 Å². The molecule has 0 saturated carbocycles. The molecule has 0 atom stereocenters. The summed E-state index contributed by atoms with van der Waals surface area (Å²) >= 11 is 2.82. The minimum atomic E-state index is -0.365. The number of amides is 1. The zero-order valence-electron chi connectivity index (χ0n) is 17.1. The summed E-state index contributed by atoms with van der Waals surface area (Å²) in [6.45, 7) is 5.66. The number of thiophene rings is 1. The third-order valence-corrected chi connectivity index (χ3v) is 7.55. The number of aryl methyl sites for hydroxylation is 2. The molecule has 1 aliphatic rings. The number of thioether (sulfide) groups is 1. The first-order valence-corrected chi connectivity index (χ1v) is 12.0. The highest BCUT2D eigenvalue weighted by Gasteiger charge is 2.22. The normalized spacial score (nSPS) is 14.0. The fourth-order valence-electron chi connectivity index (χ4n) is 3.77. The van der Waals surface area contributed by atoms with Gasteiger partial charge in [0.15, 0.2) is 5.16 Å². The van der Waals surface area contributed by atoms with Gasteiger partial charge in [-0.1, -0.05) is 25.1 Å². The highest BCUT2D eigenvalue weighted by molar-refractivity contribution is 7.99. The average molecular weight is 446 g/mol. The first-order chi connectivity index (χ1) is 14.5. The van der Waals surface area contributed by atoms with E-state index in [2.05, 4.69) is 6.92 Å². The number of halogens is 1. The smallest absolute Gasteiger partial charge is 0.267 e. The highest BCUT2D eigenvalue weighted by Crippen LogP contribution is 2.31. The van der Waals surface area contributed by atoms with Crippen molar-refractivity contribution in [1.82, 2.24) is 14.5 Å². The standard InChI is InChI=1S/C22H24FN3O2S2/c1-3-6-17-14(2)19-20(30-17)24-22(29-13-18(27)25-11-4-5-12-25)26(21(19)28)16-9-7-15(23)8-10-16/h7-10H,3-6,11-13H2,1-2H3. The Labute approximate surface area is 182 Å². The van der Waals surface area contributed by atoms with Gasteiger partial charge in [-0.05, 0) is 56.0 Å². The van der Waals surface area contributed by atoms with Crippen LogP contribution in [0.4, 0.5) is 4.39 Å². The number of rotatable bonds is 6. The van der Waals surface area contributed by atoms with Crippen molar-refractivity contribution in [2.45, 2.75) is 44.7 Å². The third kappa shape index (κ3) is 4.03. The van der Waals surface area contributed by atoms with E-state index in [9.17, 15) is 14.0 Å². The Morgan fingerprint density at radius 2 is 1.93 bits per heavy atom. The van der Waals surface area contributed by atoms with Gasteiger partial charge < -0.3 is 4.90 Å². The fraction of sp³-hybridized carbons (Fsp3) is 0.409. The van der Waals surface area contributed by atoms with E-state index in [0.29, 0.717) is 21.1 Å². The van der Waals surface area contributed by atoms with Crippen LogP contribution in [0.1, 0.15) is 36.6 Å². The Morgan fingerprint density at radius 3 is 2.60 bits per heavy atom. The van der Waals surface area contributed by atoms with Gasteiger partial charge in [0, 0.05) is 18.0 Å². The lowest BCUT2D eigenvalue weighted by Crippen LogP contribution is -2.29. The number of carbonyl (C=O) groups excluding carboxylic acids is 1. The Kier molecular flexibility index (Phi) is 6.24. The second kappa shape index (κ2) is 8.89. The van der Waals surface area contributed by atoms with Crippen LogP contribution < -0.4 is 5.56 Å². The maximum absolute atomic E-state index is 13.5. The van der Waals surface area contributed by atoms with E-state index >= 15 is 0 Å². The van der Waals surface area contributed by atoms with Crippen LogP contribution in [0, 0.1) is 12.7 Å². The van der Waals surface area contributed by atoms with Gasteiger partial charge >= 0.3 is 0 Å². The summed E-state index contributed by atoms with van der Waals surface area (Å²) in [7, 11) is 0. The van der Waals surface area contributed by atoms with E-state index in [1.807, 2.05) is 11.8 Å². The molecule has 1 amide bonds. The largest absolute Gasteiger partial charge is 0.342 e. The Balaban J connectivity index is 1.79. The maximum Gasteiger partial charge on any atom is 0.267 e. The van der Waals surface area contributed by atoms with Crippen LogP contribution in [-0.4, -0.2) is 39.2 Å². The van der Waals surface area contributed by atoms with Crippen LogP contribution in [0.3, 0.4) is 0 Å². The lowest BCUT2D eigenvalue weighted by Gasteiger charge is -2.16. The number of likely N-dealkylation sites (tertiary alicyclic amines) is 1. The molecule has 4 rings (SSSR count). The summed E-state index contributed by atoms with van der Waals surface area (Å²) in [6.07, 6.45) is 3.97. The molecular formula is C22H24FN3O2S2. The van der Waals surface area contributed by atoms with Gasteiger partial charge in [0.25, 0.3) is 5.56 Å². The van der Waals surface area contributed by atoms with E-state index in [4.69, 9.17) is 4.98 Å². The molecule has 30 heavy (non-hydrogen) atoms. The predicted octanol–water partition coefficient (Wildman–Crippen LogP) is 4.56. The second-order valence-corrected chi connectivity index (χ2v) is 9.49. The Hall–Kier alpha value is -2.19. The summed E-state index contributed by atoms with van der Waals surface area (Å²) in [5, 5.41) is 1.08. The van der Waals surface area contributed by atoms with Gasteiger partial charge in [-0.3, -0.25) is 14.2 Å². The summed E-state index contributed by atoms with van der Waals surface area (Å²) in [4.78, 5) is 34.6. The number of fused-ring (bicyclic) bond motifs is 1. The van der Waals surface area contributed by atoms with Crippen molar-refractivity contribution in [3.63, 3.8) is 0 Å². The monoisotopic (exact) mass is 445 g/mol. The molecule has 1 fully saturated rings. The molecule has 0 spiro atoms. The molecule has 0 bridgehead atoms. The van der Waals surface area contributed by atoms with Gasteiger partial charge in [-0.2, -0.15) is 0 Å². The molecule has 5 nitrogen and oxygen atoms in total. The molecule has 3 aromatic rings. The second-order valence-electron chi connectivity index (χ2n) is 7.47. The summed E-state index contributed by atoms with van der Waals surface area (Å²) in [6, 6.07) is 5.81. The lowest BCUT2D eigenvalue weighted by molar-refractivity contribution is -0.127. The number of carbonyl (C=O) groups is 1. The van der Waals surface area contributed by atoms with Crippen molar-refractivity contribution >= 4 is 39.2 Å². The van der Waals surface area contributed by atoms with Crippen LogP contribution in [0.2, 0.25) is 0 Å². The van der Waals surface area contributed by atoms with Crippen LogP contribution >= 0.6 is 23.1 Å². The summed E-state index contributed by atoms with van der Waals surface area (Å²) in [5.41, 5.74) is 1.35. The quantitative estimate of drug-likeness (QED) is 0.412. The molecule has 1 aromatic carbocycles. The molecule has 1 saturated heterocycles. The molecule has 0 N–H and O–H groups in total. The van der Waals surface area contributed by atoms with Gasteiger partial charge in [0.1, 0.15) is 10.6 Å². The van der Waals surface area contributed by atoms with E-state index in [1.165, 1.54) is 28.5 Å². The van der Waals surface area contributed by atoms with Crippen molar-refractivity contribution in [3.8, 4) is 5.69 Å². The molecule has 3 heterocycles. The van der Waals surface area contributed by atoms with Crippen molar-refractivity contribution in [1.29, 1.82) is 0 Å². The van der Waals surface area contributed by atoms with E-state index in [-0.39, 0.29) is 23.0 Å². The van der Waals surface area contributed by atoms with Crippen molar-refractivity contribution in [2.24, 2.45) is 0 Å². The first-order valence-electron chi connectivity index (χ1n) is 10.2. The van der Waals surface area contributed by atoms with Crippen molar-refractivity contribution in [3.05, 3.63) is 50.9 Å². The maximum atomic E-state index is 13.5. The van der Waals surface area contributed by atoms with Crippen LogP contribution in [-0.2, 0) is 11.2 Å². The fourth-order valence-corrected chi connectivity index (χ4v) is 6.01. The first kappa shape index (κ1) is 21.1. The van der Waals surface area contributed by atoms with Crippen LogP contribution in [0.5, 0.6) is 0 Å². The molecule has 0 aliphatic carbocycles. The Bertz CT molecular complexity index is 1130. The van der Waals surface area contributed by atoms with Gasteiger partial charge in [-0.25, -0.2) is 9.37 Å². The topological polar surface area (TPSA) is 55.2 Å². The summed E-state index contributed by atoms with van der Waals surface area (Å²) in [5.74, 6) is -0.0755. The zero-order chi connectivity index (χ0) is 21.3. The molecule has 8 heteroatoms. The number of aromatic nitrogens is 2. The van der Waals surface area contributed by atoms with E-state index < -0.39 is 0 Å². The molecule has 0 unspecified atom stereocenters. The van der Waals surface area contributed by atoms with E-state index in [0.717, 1.165) is 49.2 Å². The third-order valence-electron chi connectivity index (χ3n) is 5.38. The van der Waals surface area contributed by atoms with Gasteiger partial charge in [0.2, 0.25) is 5.91 Å². The lowest BCUT2D eigenvalue weighted by atomic mass is 10.1. The van der Waals surface area contributed by atoms with Gasteiger partial charge in [0.05, 0.1) is 16.8 Å². The number of nitrogens with zero attached hydrogens (tertiary/aromatic N) is 3. The van der Waals surface area contributed by atoms with Crippen LogP contribution in [0.15, 0.2) is 34.2 Å².